The van der Waals surface area contributed by atoms with Crippen molar-refractivity contribution in [1.82, 2.24) is 10.2 Å². The number of ketones is 1. The van der Waals surface area contributed by atoms with E-state index in [1.165, 1.54) is 6.20 Å². The van der Waals surface area contributed by atoms with Gasteiger partial charge in [-0.05, 0) is 28.1 Å². The Morgan fingerprint density at radius 2 is 2.40 bits per heavy atom. The monoisotopic (exact) mass is 269 g/mol. The van der Waals surface area contributed by atoms with Gasteiger partial charge in [-0.25, -0.2) is 0 Å². The first-order chi connectivity index (χ1) is 7.16. The molecule has 0 amide bonds. The maximum Gasteiger partial charge on any atom is 0.175 e. The molecule has 0 saturated heterocycles. The van der Waals surface area contributed by atoms with Gasteiger partial charge in [-0.1, -0.05) is 0 Å². The van der Waals surface area contributed by atoms with Gasteiger partial charge < -0.3 is 10.2 Å². The second-order valence-corrected chi connectivity index (χ2v) is 3.78. The molecule has 6 heteroatoms. The van der Waals surface area contributed by atoms with E-state index >= 15 is 0 Å². The molecule has 2 heterocycles. The number of rotatable bonds is 3. The summed E-state index contributed by atoms with van der Waals surface area (Å²) >= 11 is 3.16. The first-order valence-corrected chi connectivity index (χ1v) is 5.02. The Kier molecular flexibility index (Phi) is 2.59. The maximum atomic E-state index is 11.7. The minimum absolute atomic E-state index is 0.122. The summed E-state index contributed by atoms with van der Waals surface area (Å²) in [5, 5.41) is 6.19. The van der Waals surface area contributed by atoms with Crippen molar-refractivity contribution in [3.05, 3.63) is 34.3 Å². The van der Waals surface area contributed by atoms with Crippen LogP contribution in [0, 0.1) is 0 Å². The van der Waals surface area contributed by atoms with Crippen molar-refractivity contribution >= 4 is 27.5 Å². The molecule has 15 heavy (non-hydrogen) atoms. The van der Waals surface area contributed by atoms with Crippen LogP contribution in [-0.2, 0) is 6.42 Å². The number of hydrogen-bond acceptors (Lipinski definition) is 4. The van der Waals surface area contributed by atoms with Crippen molar-refractivity contribution in [2.75, 3.05) is 5.73 Å². The molecule has 0 atom stereocenters. The smallest absolute Gasteiger partial charge is 0.175 e. The standard InChI is InChI=1S/C9H8BrN3O2/c10-8-2-1-5(15-8)3-7(14)6-4-12-13-9(6)11/h1-2,4H,3H2,(H3,11,12,13). The quantitative estimate of drug-likeness (QED) is 0.832. The highest BCUT2D eigenvalue weighted by Crippen LogP contribution is 2.17. The van der Waals surface area contributed by atoms with E-state index in [1.807, 2.05) is 0 Å². The summed E-state index contributed by atoms with van der Waals surface area (Å²) in [5.41, 5.74) is 5.91. The molecule has 78 valence electrons. The molecule has 0 aliphatic heterocycles. The first kappa shape index (κ1) is 9.97. The molecule has 0 aliphatic carbocycles. The second-order valence-electron chi connectivity index (χ2n) is 3.00. The molecule has 2 aromatic rings. The van der Waals surface area contributed by atoms with Gasteiger partial charge in [0.2, 0.25) is 0 Å². The van der Waals surface area contributed by atoms with E-state index in [1.54, 1.807) is 12.1 Å². The van der Waals surface area contributed by atoms with Gasteiger partial charge in [0.1, 0.15) is 11.6 Å². The highest BCUT2D eigenvalue weighted by atomic mass is 79.9. The molecular formula is C9H8BrN3O2. The van der Waals surface area contributed by atoms with Crippen LogP contribution in [-0.4, -0.2) is 16.0 Å². The highest BCUT2D eigenvalue weighted by Gasteiger charge is 2.14. The fourth-order valence-corrected chi connectivity index (χ4v) is 1.56. The molecule has 5 nitrogen and oxygen atoms in total. The molecule has 2 aromatic heterocycles. The molecule has 0 radical (unpaired) electrons. The van der Waals surface area contributed by atoms with E-state index in [4.69, 9.17) is 10.2 Å². The van der Waals surface area contributed by atoms with Gasteiger partial charge in [0.05, 0.1) is 18.2 Å². The SMILES string of the molecule is Nc1[nH]ncc1C(=O)Cc1ccc(Br)o1. The molecular weight excluding hydrogens is 262 g/mol. The number of halogens is 1. The maximum absolute atomic E-state index is 11.7. The number of nitrogens with zero attached hydrogens (tertiary/aromatic N) is 1. The Morgan fingerprint density at radius 3 is 2.93 bits per heavy atom. The van der Waals surface area contributed by atoms with Crippen molar-refractivity contribution in [3.63, 3.8) is 0 Å². The summed E-state index contributed by atoms with van der Waals surface area (Å²) in [6.45, 7) is 0. The molecule has 3 N–H and O–H groups in total. The van der Waals surface area contributed by atoms with Crippen LogP contribution in [0.1, 0.15) is 16.1 Å². The minimum atomic E-state index is -0.122. The Bertz CT molecular complexity index is 489. The predicted octanol–water partition coefficient (Wildman–Crippen LogP) is 1.77. The van der Waals surface area contributed by atoms with Gasteiger partial charge in [-0.3, -0.25) is 9.89 Å². The molecule has 2 rings (SSSR count). The van der Waals surface area contributed by atoms with E-state index < -0.39 is 0 Å². The van der Waals surface area contributed by atoms with Gasteiger partial charge in [0, 0.05) is 0 Å². The Labute approximate surface area is 93.8 Å². The molecule has 0 unspecified atom stereocenters. The lowest BCUT2D eigenvalue weighted by Gasteiger charge is -1.95. The third kappa shape index (κ3) is 2.10. The van der Waals surface area contributed by atoms with Gasteiger partial charge in [0.15, 0.2) is 10.5 Å². The van der Waals surface area contributed by atoms with Crippen LogP contribution in [0.3, 0.4) is 0 Å². The average Bonchev–Trinajstić information content (AvgIpc) is 2.75. The third-order valence-corrected chi connectivity index (χ3v) is 2.36. The number of Topliss-reactive ketones (excluding diaryl/α,β-unsaturated/α-hetero) is 1. The molecule has 0 fully saturated rings. The van der Waals surface area contributed by atoms with Crippen LogP contribution in [0.5, 0.6) is 0 Å². The van der Waals surface area contributed by atoms with E-state index in [0.717, 1.165) is 0 Å². The summed E-state index contributed by atoms with van der Waals surface area (Å²) in [6.07, 6.45) is 1.59. The number of carbonyl (C=O) groups excluding carboxylic acids is 1. The lowest BCUT2D eigenvalue weighted by Crippen LogP contribution is -2.04. The van der Waals surface area contributed by atoms with Gasteiger partial charge in [0.25, 0.3) is 0 Å². The van der Waals surface area contributed by atoms with Crippen molar-refractivity contribution in [2.45, 2.75) is 6.42 Å². The zero-order valence-corrected chi connectivity index (χ0v) is 9.24. The van der Waals surface area contributed by atoms with E-state index in [9.17, 15) is 4.79 Å². The minimum Gasteiger partial charge on any atom is -0.454 e. The number of anilines is 1. The zero-order valence-electron chi connectivity index (χ0n) is 7.66. The Morgan fingerprint density at radius 1 is 1.60 bits per heavy atom. The van der Waals surface area contributed by atoms with Crippen LogP contribution in [0.15, 0.2) is 27.4 Å². The summed E-state index contributed by atoms with van der Waals surface area (Å²) in [5.74, 6) is 0.751. The van der Waals surface area contributed by atoms with E-state index in [0.29, 0.717) is 16.0 Å². The Balaban J connectivity index is 2.14. The Hall–Kier alpha value is -1.56. The lowest BCUT2D eigenvalue weighted by atomic mass is 10.1. The van der Waals surface area contributed by atoms with Gasteiger partial charge in [-0.15, -0.1) is 0 Å². The number of aromatic amines is 1. The number of nitrogen functional groups attached to an aromatic ring is 1. The van der Waals surface area contributed by atoms with Crippen LogP contribution in [0.2, 0.25) is 0 Å². The fraction of sp³-hybridized carbons (Fsp3) is 0.111. The summed E-state index contributed by atoms with van der Waals surface area (Å²) in [7, 11) is 0. The molecule has 0 saturated carbocycles. The number of nitrogens with one attached hydrogen (secondary N) is 1. The topological polar surface area (TPSA) is 84.9 Å². The summed E-state index contributed by atoms with van der Waals surface area (Å²) in [4.78, 5) is 11.7. The number of hydrogen-bond donors (Lipinski definition) is 2. The normalized spacial score (nSPS) is 10.5. The number of H-pyrrole nitrogens is 1. The van der Waals surface area contributed by atoms with Crippen LogP contribution < -0.4 is 5.73 Å². The van der Waals surface area contributed by atoms with Crippen LogP contribution in [0.25, 0.3) is 0 Å². The number of carbonyl (C=O) groups is 1. The van der Waals surface area contributed by atoms with Crippen LogP contribution >= 0.6 is 15.9 Å². The van der Waals surface area contributed by atoms with E-state index in [2.05, 4.69) is 26.1 Å². The number of aromatic nitrogens is 2. The molecule has 0 aliphatic rings. The fourth-order valence-electron chi connectivity index (χ4n) is 1.22. The molecule has 0 bridgehead atoms. The summed E-state index contributed by atoms with van der Waals surface area (Å²) in [6, 6.07) is 3.47. The number of furan rings is 1. The van der Waals surface area contributed by atoms with Crippen LogP contribution in [0.4, 0.5) is 5.82 Å². The largest absolute Gasteiger partial charge is 0.454 e. The predicted molar refractivity (Wildman–Crippen MR) is 57.4 cm³/mol. The van der Waals surface area contributed by atoms with Gasteiger partial charge in [-0.2, -0.15) is 5.10 Å². The number of nitrogens with two attached hydrogens (primary N) is 1. The second kappa shape index (κ2) is 3.90. The van der Waals surface area contributed by atoms with Crippen molar-refractivity contribution in [2.24, 2.45) is 0 Å². The average molecular weight is 270 g/mol. The third-order valence-electron chi connectivity index (χ3n) is 1.93. The molecule has 0 spiro atoms. The zero-order chi connectivity index (χ0) is 10.8. The summed E-state index contributed by atoms with van der Waals surface area (Å²) < 4.78 is 5.82. The first-order valence-electron chi connectivity index (χ1n) is 4.23. The van der Waals surface area contributed by atoms with Crippen molar-refractivity contribution in [3.8, 4) is 0 Å². The van der Waals surface area contributed by atoms with Crippen molar-refractivity contribution in [1.29, 1.82) is 0 Å². The van der Waals surface area contributed by atoms with Gasteiger partial charge >= 0.3 is 0 Å². The molecule has 0 aromatic carbocycles. The highest BCUT2D eigenvalue weighted by molar-refractivity contribution is 9.10. The lowest BCUT2D eigenvalue weighted by molar-refractivity contribution is 0.0987. The van der Waals surface area contributed by atoms with Crippen molar-refractivity contribution < 1.29 is 9.21 Å². The van der Waals surface area contributed by atoms with E-state index in [-0.39, 0.29) is 18.0 Å².